The molecule has 1 saturated heterocycles. The van der Waals surface area contributed by atoms with E-state index in [0.717, 1.165) is 34.6 Å². The fourth-order valence-corrected chi connectivity index (χ4v) is 5.81. The first kappa shape index (κ1) is 22.6. The molecule has 2 amide bonds. The minimum Gasteiger partial charge on any atom is -0.459 e. The van der Waals surface area contributed by atoms with E-state index >= 15 is 0 Å². The second kappa shape index (κ2) is 9.97. The lowest BCUT2D eigenvalue weighted by atomic mass is 9.97. The fourth-order valence-electron chi connectivity index (χ4n) is 4.70. The highest BCUT2D eigenvalue weighted by Gasteiger charge is 2.29. The highest BCUT2D eigenvalue weighted by atomic mass is 32.1. The van der Waals surface area contributed by atoms with Crippen molar-refractivity contribution < 1.29 is 14.0 Å². The molecular formula is C25H29N5O3S. The largest absolute Gasteiger partial charge is 0.459 e. The van der Waals surface area contributed by atoms with E-state index < -0.39 is 0 Å². The quantitative estimate of drug-likeness (QED) is 0.524. The number of aryl methyl sites for hydroxylation is 1. The van der Waals surface area contributed by atoms with Gasteiger partial charge in [-0.2, -0.15) is 0 Å². The number of nitrogens with zero attached hydrogens (tertiary/aromatic N) is 4. The van der Waals surface area contributed by atoms with Crippen molar-refractivity contribution >= 4 is 39.2 Å². The molecule has 178 valence electrons. The number of amides is 2. The van der Waals surface area contributed by atoms with E-state index in [1.807, 2.05) is 11.8 Å². The van der Waals surface area contributed by atoms with Gasteiger partial charge < -0.3 is 19.5 Å². The minimum atomic E-state index is -0.134. The Kier molecular flexibility index (Phi) is 6.62. The summed E-state index contributed by atoms with van der Waals surface area (Å²) in [6.07, 6.45) is 11.4. The van der Waals surface area contributed by atoms with Crippen LogP contribution in [0.1, 0.15) is 57.9 Å². The van der Waals surface area contributed by atoms with Crippen molar-refractivity contribution in [2.45, 2.75) is 39.0 Å². The fraction of sp³-hybridized carbons (Fsp3) is 0.440. The third-order valence-electron chi connectivity index (χ3n) is 6.63. The first-order chi connectivity index (χ1) is 16.6. The summed E-state index contributed by atoms with van der Waals surface area (Å²) in [6, 6.07) is 3.37. The van der Waals surface area contributed by atoms with E-state index in [0.29, 0.717) is 36.8 Å². The van der Waals surface area contributed by atoms with Gasteiger partial charge in [-0.3, -0.25) is 9.59 Å². The summed E-state index contributed by atoms with van der Waals surface area (Å²) < 4.78 is 5.22. The van der Waals surface area contributed by atoms with Gasteiger partial charge in [0.05, 0.1) is 16.5 Å². The molecule has 8 nitrogen and oxygen atoms in total. The number of fused-ring (bicyclic) bond motifs is 1. The highest BCUT2D eigenvalue weighted by Crippen LogP contribution is 2.34. The number of anilines is 1. The van der Waals surface area contributed by atoms with Gasteiger partial charge in [-0.1, -0.05) is 11.6 Å². The average molecular weight is 480 g/mol. The van der Waals surface area contributed by atoms with Crippen LogP contribution in [0.25, 0.3) is 10.2 Å². The van der Waals surface area contributed by atoms with Crippen LogP contribution in [0.3, 0.4) is 0 Å². The van der Waals surface area contributed by atoms with Gasteiger partial charge in [-0.15, -0.1) is 11.3 Å². The topological polar surface area (TPSA) is 91.6 Å². The van der Waals surface area contributed by atoms with Crippen molar-refractivity contribution in [1.82, 2.24) is 19.8 Å². The molecular weight excluding hydrogens is 450 g/mol. The van der Waals surface area contributed by atoms with Crippen molar-refractivity contribution in [1.29, 1.82) is 0 Å². The van der Waals surface area contributed by atoms with E-state index in [1.54, 1.807) is 23.4 Å². The Morgan fingerprint density at radius 3 is 2.62 bits per heavy atom. The van der Waals surface area contributed by atoms with Crippen LogP contribution in [-0.2, 0) is 0 Å². The van der Waals surface area contributed by atoms with Crippen molar-refractivity contribution in [2.75, 3.05) is 38.0 Å². The Bertz CT molecular complexity index is 1210. The number of thiophene rings is 1. The number of furan rings is 1. The first-order valence-electron chi connectivity index (χ1n) is 11.9. The maximum atomic E-state index is 13.4. The Morgan fingerprint density at radius 2 is 1.91 bits per heavy atom. The maximum Gasteiger partial charge on any atom is 0.289 e. The molecule has 1 N–H and O–H groups in total. The van der Waals surface area contributed by atoms with Crippen LogP contribution in [0.4, 0.5) is 5.82 Å². The molecule has 0 spiro atoms. The summed E-state index contributed by atoms with van der Waals surface area (Å²) >= 11 is 1.42. The number of aromatic nitrogens is 2. The number of hydrogen-bond acceptors (Lipinski definition) is 7. The van der Waals surface area contributed by atoms with Gasteiger partial charge in [0, 0.05) is 32.7 Å². The van der Waals surface area contributed by atoms with Crippen molar-refractivity contribution in [2.24, 2.45) is 0 Å². The van der Waals surface area contributed by atoms with Gasteiger partial charge in [0.2, 0.25) is 0 Å². The molecule has 0 unspecified atom stereocenters. The third-order valence-corrected chi connectivity index (χ3v) is 7.82. The number of allylic oxidation sites excluding steroid dienone is 1. The summed E-state index contributed by atoms with van der Waals surface area (Å²) in [7, 11) is 0. The Balaban J connectivity index is 1.26. The Hall–Kier alpha value is -3.20. The molecule has 9 heteroatoms. The van der Waals surface area contributed by atoms with Crippen LogP contribution in [0.5, 0.6) is 0 Å². The van der Waals surface area contributed by atoms with Gasteiger partial charge >= 0.3 is 0 Å². The predicted molar refractivity (Wildman–Crippen MR) is 132 cm³/mol. The molecule has 0 saturated carbocycles. The third kappa shape index (κ3) is 4.57. The van der Waals surface area contributed by atoms with Crippen molar-refractivity contribution in [3.05, 3.63) is 52.6 Å². The number of hydrogen-bond donors (Lipinski definition) is 1. The predicted octanol–water partition coefficient (Wildman–Crippen LogP) is 4.49. The SMILES string of the molecule is Cc1c(C(=O)N2CCN(C(=O)c3ccco3)CC2)sc2ncnc(NCCC3=CCCCC3)c12. The summed E-state index contributed by atoms with van der Waals surface area (Å²) in [5.41, 5.74) is 2.44. The van der Waals surface area contributed by atoms with E-state index in [4.69, 9.17) is 4.42 Å². The van der Waals surface area contributed by atoms with Crippen molar-refractivity contribution in [3.8, 4) is 0 Å². The zero-order valence-electron chi connectivity index (χ0n) is 19.4. The minimum absolute atomic E-state index is 0.0103. The lowest BCUT2D eigenvalue weighted by Gasteiger charge is -2.34. The summed E-state index contributed by atoms with van der Waals surface area (Å²) in [5.74, 6) is 0.982. The monoisotopic (exact) mass is 479 g/mol. The van der Waals surface area contributed by atoms with E-state index in [2.05, 4.69) is 21.4 Å². The zero-order valence-corrected chi connectivity index (χ0v) is 20.2. The molecule has 1 fully saturated rings. The normalized spacial score (nSPS) is 16.6. The molecule has 0 bridgehead atoms. The summed E-state index contributed by atoms with van der Waals surface area (Å²) in [4.78, 5) is 39.9. The smallest absolute Gasteiger partial charge is 0.289 e. The second-order valence-electron chi connectivity index (χ2n) is 8.81. The highest BCUT2D eigenvalue weighted by molar-refractivity contribution is 7.20. The van der Waals surface area contributed by atoms with Gasteiger partial charge in [0.1, 0.15) is 17.0 Å². The molecule has 0 radical (unpaired) electrons. The zero-order chi connectivity index (χ0) is 23.5. The molecule has 3 aromatic rings. The van der Waals surface area contributed by atoms with Crippen LogP contribution in [0, 0.1) is 6.92 Å². The summed E-state index contributed by atoms with van der Waals surface area (Å²) in [6.45, 7) is 4.74. The van der Waals surface area contributed by atoms with Crippen LogP contribution in [0.2, 0.25) is 0 Å². The molecule has 4 heterocycles. The number of carbonyl (C=O) groups excluding carboxylic acids is 2. The molecule has 0 atom stereocenters. The second-order valence-corrected chi connectivity index (χ2v) is 9.80. The van der Waals surface area contributed by atoms with E-state index in [9.17, 15) is 9.59 Å². The molecule has 5 rings (SSSR count). The van der Waals surface area contributed by atoms with Gasteiger partial charge in [0.15, 0.2) is 5.76 Å². The number of carbonyl (C=O) groups is 2. The average Bonchev–Trinajstić information content (AvgIpc) is 3.53. The van der Waals surface area contributed by atoms with Crippen LogP contribution in [0.15, 0.2) is 40.8 Å². The molecule has 1 aliphatic carbocycles. The van der Waals surface area contributed by atoms with Gasteiger partial charge in [0.25, 0.3) is 11.8 Å². The lowest BCUT2D eigenvalue weighted by molar-refractivity contribution is 0.0520. The van der Waals surface area contributed by atoms with Crippen LogP contribution < -0.4 is 5.32 Å². The Labute approximate surface area is 202 Å². The van der Waals surface area contributed by atoms with Crippen LogP contribution >= 0.6 is 11.3 Å². The van der Waals surface area contributed by atoms with Crippen LogP contribution in [-0.4, -0.2) is 64.3 Å². The van der Waals surface area contributed by atoms with Gasteiger partial charge in [-0.05, 0) is 56.7 Å². The standard InChI is InChI=1S/C25H29N5O3S/c1-17-20-22(26-10-9-18-6-3-2-4-7-18)27-16-28-23(20)34-21(17)25(32)30-13-11-29(12-14-30)24(31)19-8-5-15-33-19/h5-6,8,15-16H,2-4,7,9-14H2,1H3,(H,26,27,28). The number of piperazine rings is 1. The molecule has 0 aromatic carbocycles. The molecule has 2 aliphatic rings. The van der Waals surface area contributed by atoms with E-state index in [1.165, 1.54) is 48.9 Å². The van der Waals surface area contributed by atoms with Crippen molar-refractivity contribution in [3.63, 3.8) is 0 Å². The maximum absolute atomic E-state index is 13.4. The Morgan fingerprint density at radius 1 is 1.12 bits per heavy atom. The summed E-state index contributed by atoms with van der Waals surface area (Å²) in [5, 5.41) is 4.41. The number of rotatable bonds is 6. The lowest BCUT2D eigenvalue weighted by Crippen LogP contribution is -2.50. The molecule has 34 heavy (non-hydrogen) atoms. The molecule has 1 aliphatic heterocycles. The van der Waals surface area contributed by atoms with E-state index in [-0.39, 0.29) is 11.8 Å². The van der Waals surface area contributed by atoms with Gasteiger partial charge in [-0.25, -0.2) is 9.97 Å². The number of nitrogens with one attached hydrogen (secondary N) is 1. The first-order valence-corrected chi connectivity index (χ1v) is 12.7. The molecule has 3 aromatic heterocycles.